The first-order chi connectivity index (χ1) is 6.94. The summed E-state index contributed by atoms with van der Waals surface area (Å²) in [5.41, 5.74) is 0. The first kappa shape index (κ1) is 11.7. The fourth-order valence-corrected chi connectivity index (χ4v) is 1.18. The summed E-state index contributed by atoms with van der Waals surface area (Å²) < 4.78 is 37.1. The van der Waals surface area contributed by atoms with E-state index in [0.717, 1.165) is 0 Å². The Morgan fingerprint density at radius 1 is 1.53 bits per heavy atom. The van der Waals surface area contributed by atoms with E-state index in [1.54, 1.807) is 13.1 Å². The van der Waals surface area contributed by atoms with Crippen LogP contribution in [0.3, 0.4) is 0 Å². The van der Waals surface area contributed by atoms with E-state index in [2.05, 4.69) is 4.98 Å². The Kier molecular flexibility index (Phi) is 3.49. The average Bonchev–Trinajstić information content (AvgIpc) is 2.60. The van der Waals surface area contributed by atoms with Crippen LogP contribution in [0.2, 0.25) is 0 Å². The highest BCUT2D eigenvalue weighted by Crippen LogP contribution is 2.22. The summed E-state index contributed by atoms with van der Waals surface area (Å²) in [4.78, 5) is 15.1. The Balaban J connectivity index is 2.62. The van der Waals surface area contributed by atoms with Crippen molar-refractivity contribution >= 4 is 5.78 Å². The largest absolute Gasteiger partial charge is 0.389 e. The van der Waals surface area contributed by atoms with Gasteiger partial charge in [-0.15, -0.1) is 0 Å². The standard InChI is InChI=1S/C9H11F3N2O/c1-2-14-6-5-13-8(14)7(15)3-4-9(10,11)12/h5-6H,2-4H2,1H3. The number of ketones is 1. The van der Waals surface area contributed by atoms with E-state index in [4.69, 9.17) is 0 Å². The zero-order chi connectivity index (χ0) is 11.5. The number of aromatic nitrogens is 2. The number of nitrogens with zero attached hydrogens (tertiary/aromatic N) is 2. The molecule has 0 fully saturated rings. The third kappa shape index (κ3) is 3.38. The van der Waals surface area contributed by atoms with Gasteiger partial charge in [0.25, 0.3) is 0 Å². The molecule has 84 valence electrons. The van der Waals surface area contributed by atoms with Gasteiger partial charge in [0.2, 0.25) is 0 Å². The molecule has 0 aliphatic carbocycles. The lowest BCUT2D eigenvalue weighted by Gasteiger charge is -2.06. The third-order valence-corrected chi connectivity index (χ3v) is 1.94. The third-order valence-electron chi connectivity index (χ3n) is 1.94. The lowest BCUT2D eigenvalue weighted by molar-refractivity contribution is -0.133. The minimum absolute atomic E-state index is 0.0988. The van der Waals surface area contributed by atoms with Crippen molar-refractivity contribution in [3.8, 4) is 0 Å². The van der Waals surface area contributed by atoms with Crippen LogP contribution in [0.1, 0.15) is 30.4 Å². The molecule has 0 aliphatic heterocycles. The number of rotatable bonds is 4. The molecular weight excluding hydrogens is 209 g/mol. The second-order valence-corrected chi connectivity index (χ2v) is 3.08. The van der Waals surface area contributed by atoms with Gasteiger partial charge < -0.3 is 4.57 Å². The van der Waals surface area contributed by atoms with Gasteiger partial charge in [0.15, 0.2) is 11.6 Å². The van der Waals surface area contributed by atoms with Crippen LogP contribution in [-0.4, -0.2) is 21.5 Å². The Morgan fingerprint density at radius 3 is 2.73 bits per heavy atom. The van der Waals surface area contributed by atoms with E-state index in [0.29, 0.717) is 6.54 Å². The van der Waals surface area contributed by atoms with Crippen LogP contribution in [0.25, 0.3) is 0 Å². The number of hydrogen-bond acceptors (Lipinski definition) is 2. The van der Waals surface area contributed by atoms with Crippen molar-refractivity contribution < 1.29 is 18.0 Å². The van der Waals surface area contributed by atoms with Crippen molar-refractivity contribution in [1.82, 2.24) is 9.55 Å². The van der Waals surface area contributed by atoms with Gasteiger partial charge in [0.1, 0.15) is 0 Å². The molecule has 0 N–H and O–H groups in total. The van der Waals surface area contributed by atoms with Crippen LogP contribution in [0, 0.1) is 0 Å². The number of hydrogen-bond donors (Lipinski definition) is 0. The van der Waals surface area contributed by atoms with Crippen LogP contribution >= 0.6 is 0 Å². The Bertz CT molecular complexity index is 343. The summed E-state index contributed by atoms with van der Waals surface area (Å²) in [5.74, 6) is -0.471. The molecule has 0 aromatic carbocycles. The van der Waals surface area contributed by atoms with Crippen molar-refractivity contribution in [3.05, 3.63) is 18.2 Å². The first-order valence-electron chi connectivity index (χ1n) is 4.55. The minimum Gasteiger partial charge on any atom is -0.329 e. The van der Waals surface area contributed by atoms with Crippen LogP contribution < -0.4 is 0 Å². The minimum atomic E-state index is -4.29. The maximum atomic E-state index is 11.9. The van der Waals surface area contributed by atoms with Crippen LogP contribution in [0.15, 0.2) is 12.4 Å². The highest BCUT2D eigenvalue weighted by molar-refractivity contribution is 5.92. The highest BCUT2D eigenvalue weighted by atomic mass is 19.4. The van der Waals surface area contributed by atoms with Crippen molar-refractivity contribution in [2.24, 2.45) is 0 Å². The number of carbonyl (C=O) groups excluding carboxylic acids is 1. The van der Waals surface area contributed by atoms with E-state index in [9.17, 15) is 18.0 Å². The van der Waals surface area contributed by atoms with Gasteiger partial charge in [-0.1, -0.05) is 0 Å². The van der Waals surface area contributed by atoms with E-state index < -0.39 is 24.8 Å². The average molecular weight is 220 g/mol. The molecular formula is C9H11F3N2O. The molecule has 0 saturated heterocycles. The van der Waals surface area contributed by atoms with Gasteiger partial charge in [-0.05, 0) is 6.92 Å². The molecule has 1 aromatic rings. The van der Waals surface area contributed by atoms with E-state index >= 15 is 0 Å². The van der Waals surface area contributed by atoms with Gasteiger partial charge in [-0.25, -0.2) is 4.98 Å². The molecule has 3 nitrogen and oxygen atoms in total. The Labute approximate surface area is 84.9 Å². The molecule has 6 heteroatoms. The predicted octanol–water partition coefficient (Wildman–Crippen LogP) is 2.43. The number of aryl methyl sites for hydroxylation is 1. The molecule has 0 atom stereocenters. The fraction of sp³-hybridized carbons (Fsp3) is 0.556. The highest BCUT2D eigenvalue weighted by Gasteiger charge is 2.28. The van der Waals surface area contributed by atoms with E-state index in [1.165, 1.54) is 10.8 Å². The van der Waals surface area contributed by atoms with Crippen molar-refractivity contribution in [3.63, 3.8) is 0 Å². The molecule has 0 amide bonds. The summed E-state index contributed by atoms with van der Waals surface area (Å²) in [6, 6.07) is 0. The molecule has 0 bridgehead atoms. The van der Waals surface area contributed by atoms with Gasteiger partial charge >= 0.3 is 6.18 Å². The first-order valence-corrected chi connectivity index (χ1v) is 4.55. The molecule has 0 unspecified atom stereocenters. The lowest BCUT2D eigenvalue weighted by Crippen LogP contribution is -2.14. The molecule has 0 spiro atoms. The summed E-state index contributed by atoms with van der Waals surface area (Å²) in [7, 11) is 0. The zero-order valence-corrected chi connectivity index (χ0v) is 8.21. The van der Waals surface area contributed by atoms with Crippen molar-refractivity contribution in [2.75, 3.05) is 0 Å². The number of carbonyl (C=O) groups is 1. The summed E-state index contributed by atoms with van der Waals surface area (Å²) in [6.45, 7) is 2.31. The summed E-state index contributed by atoms with van der Waals surface area (Å²) >= 11 is 0. The Morgan fingerprint density at radius 2 is 2.20 bits per heavy atom. The SMILES string of the molecule is CCn1ccnc1C(=O)CCC(F)(F)F. The number of alkyl halides is 3. The Hall–Kier alpha value is -1.33. The molecule has 0 saturated carbocycles. The quantitative estimate of drug-likeness (QED) is 0.730. The summed E-state index contributed by atoms with van der Waals surface area (Å²) in [5, 5.41) is 0. The van der Waals surface area contributed by atoms with Crippen LogP contribution in [-0.2, 0) is 6.54 Å². The van der Waals surface area contributed by atoms with E-state index in [-0.39, 0.29) is 5.82 Å². The molecule has 0 radical (unpaired) electrons. The maximum Gasteiger partial charge on any atom is 0.389 e. The van der Waals surface area contributed by atoms with Gasteiger partial charge in [0.05, 0.1) is 6.42 Å². The molecule has 1 heterocycles. The van der Waals surface area contributed by atoms with Gasteiger partial charge in [-0.3, -0.25) is 4.79 Å². The molecule has 1 aromatic heterocycles. The normalized spacial score (nSPS) is 11.7. The molecule has 15 heavy (non-hydrogen) atoms. The summed E-state index contributed by atoms with van der Waals surface area (Å²) in [6.07, 6.45) is -2.95. The van der Waals surface area contributed by atoms with Gasteiger partial charge in [-0.2, -0.15) is 13.2 Å². The second kappa shape index (κ2) is 4.46. The fourth-order valence-electron chi connectivity index (χ4n) is 1.18. The monoisotopic (exact) mass is 220 g/mol. The van der Waals surface area contributed by atoms with Crippen molar-refractivity contribution in [1.29, 1.82) is 0 Å². The van der Waals surface area contributed by atoms with E-state index in [1.807, 2.05) is 0 Å². The second-order valence-electron chi connectivity index (χ2n) is 3.08. The van der Waals surface area contributed by atoms with Crippen LogP contribution in [0.4, 0.5) is 13.2 Å². The topological polar surface area (TPSA) is 34.9 Å². The van der Waals surface area contributed by atoms with Crippen LogP contribution in [0.5, 0.6) is 0 Å². The maximum absolute atomic E-state index is 11.9. The smallest absolute Gasteiger partial charge is 0.329 e. The number of Topliss-reactive ketones (excluding diaryl/α,β-unsaturated/α-hetero) is 1. The van der Waals surface area contributed by atoms with Gasteiger partial charge in [0, 0.05) is 25.4 Å². The lowest BCUT2D eigenvalue weighted by atomic mass is 10.2. The van der Waals surface area contributed by atoms with Crippen molar-refractivity contribution in [2.45, 2.75) is 32.5 Å². The molecule has 0 aliphatic rings. The number of halogens is 3. The number of imidazole rings is 1. The predicted molar refractivity (Wildman–Crippen MR) is 47.5 cm³/mol. The molecule has 1 rings (SSSR count). The zero-order valence-electron chi connectivity index (χ0n) is 8.21.